The number of nitrogens with zero attached hydrogens (tertiary/aromatic N) is 3. The number of hydrogen-bond acceptors (Lipinski definition) is 5. The highest BCUT2D eigenvalue weighted by Crippen LogP contribution is 2.22. The lowest BCUT2D eigenvalue weighted by molar-refractivity contribution is 0.397. The maximum absolute atomic E-state index is 6.11. The molecule has 106 valence electrons. The summed E-state index contributed by atoms with van der Waals surface area (Å²) in [5.74, 6) is 1.38. The maximum atomic E-state index is 6.11. The molecule has 0 saturated heterocycles. The van der Waals surface area contributed by atoms with E-state index in [1.807, 2.05) is 12.1 Å². The van der Waals surface area contributed by atoms with Crippen LogP contribution in [0.25, 0.3) is 0 Å². The predicted molar refractivity (Wildman–Crippen MR) is 79.2 cm³/mol. The summed E-state index contributed by atoms with van der Waals surface area (Å²) in [6.07, 6.45) is 5.08. The number of aromatic nitrogens is 3. The van der Waals surface area contributed by atoms with E-state index in [2.05, 4.69) is 27.2 Å². The van der Waals surface area contributed by atoms with E-state index in [1.165, 1.54) is 6.33 Å². The Hall–Kier alpha value is -1.88. The number of ether oxygens (including phenoxy) is 1. The monoisotopic (exact) mass is 292 g/mol. The third-order valence-electron chi connectivity index (χ3n) is 2.86. The second kappa shape index (κ2) is 7.05. The minimum atomic E-state index is 0.511. The Morgan fingerprint density at radius 1 is 1.25 bits per heavy atom. The molecule has 0 aromatic carbocycles. The Kier molecular flexibility index (Phi) is 5.12. The molecule has 2 heterocycles. The summed E-state index contributed by atoms with van der Waals surface area (Å²) in [4.78, 5) is 12.4. The van der Waals surface area contributed by atoms with Gasteiger partial charge in [-0.3, -0.25) is 0 Å². The van der Waals surface area contributed by atoms with E-state index in [1.54, 1.807) is 13.3 Å². The van der Waals surface area contributed by atoms with Crippen LogP contribution >= 0.6 is 11.6 Å². The molecule has 0 saturated carbocycles. The molecule has 0 aliphatic carbocycles. The zero-order valence-corrected chi connectivity index (χ0v) is 12.3. The van der Waals surface area contributed by atoms with Gasteiger partial charge in [0.1, 0.15) is 17.3 Å². The minimum Gasteiger partial charge on any atom is -0.481 e. The van der Waals surface area contributed by atoms with Crippen molar-refractivity contribution in [2.75, 3.05) is 12.4 Å². The first-order valence-electron chi connectivity index (χ1n) is 6.46. The van der Waals surface area contributed by atoms with Crippen molar-refractivity contribution in [1.82, 2.24) is 15.0 Å². The van der Waals surface area contributed by atoms with E-state index < -0.39 is 0 Å². The lowest BCUT2D eigenvalue weighted by Gasteiger charge is -2.11. The van der Waals surface area contributed by atoms with Crippen LogP contribution in [0.4, 0.5) is 5.82 Å². The molecule has 0 atom stereocenters. The van der Waals surface area contributed by atoms with Crippen LogP contribution < -0.4 is 10.1 Å². The molecule has 2 rings (SSSR count). The van der Waals surface area contributed by atoms with Gasteiger partial charge in [0.05, 0.1) is 7.11 Å². The first-order valence-corrected chi connectivity index (χ1v) is 6.84. The normalized spacial score (nSPS) is 10.3. The molecule has 2 aromatic rings. The zero-order valence-electron chi connectivity index (χ0n) is 11.6. The van der Waals surface area contributed by atoms with Gasteiger partial charge in [-0.1, -0.05) is 31.0 Å². The Morgan fingerprint density at radius 3 is 2.75 bits per heavy atom. The summed E-state index contributed by atoms with van der Waals surface area (Å²) in [6, 6.07) is 3.79. The van der Waals surface area contributed by atoms with Gasteiger partial charge in [-0.2, -0.15) is 0 Å². The van der Waals surface area contributed by atoms with E-state index in [4.69, 9.17) is 16.3 Å². The molecule has 1 N–H and O–H groups in total. The van der Waals surface area contributed by atoms with E-state index in [-0.39, 0.29) is 0 Å². The molecular weight excluding hydrogens is 276 g/mol. The van der Waals surface area contributed by atoms with Crippen LogP contribution in [0.15, 0.2) is 24.7 Å². The molecule has 0 spiro atoms. The number of anilines is 1. The van der Waals surface area contributed by atoms with Crippen LogP contribution in [-0.4, -0.2) is 22.1 Å². The van der Waals surface area contributed by atoms with Crippen molar-refractivity contribution in [3.63, 3.8) is 0 Å². The Labute approximate surface area is 123 Å². The van der Waals surface area contributed by atoms with Crippen molar-refractivity contribution in [2.45, 2.75) is 26.3 Å². The number of pyridine rings is 1. The molecule has 2 aromatic heterocycles. The third-order valence-corrected chi connectivity index (χ3v) is 3.19. The van der Waals surface area contributed by atoms with Crippen LogP contribution in [0.1, 0.15) is 24.5 Å². The molecular formula is C14H17ClN4O. The summed E-state index contributed by atoms with van der Waals surface area (Å²) in [5.41, 5.74) is 2.00. The smallest absolute Gasteiger partial charge is 0.212 e. The Morgan fingerprint density at radius 2 is 2.10 bits per heavy atom. The average molecular weight is 293 g/mol. The zero-order chi connectivity index (χ0) is 14.4. The quantitative estimate of drug-likeness (QED) is 0.829. The molecule has 0 bridgehead atoms. The number of rotatable bonds is 6. The molecule has 0 aliphatic heterocycles. The van der Waals surface area contributed by atoms with Gasteiger partial charge in [0.15, 0.2) is 0 Å². The van der Waals surface area contributed by atoms with Crippen LogP contribution in [0.3, 0.4) is 0 Å². The van der Waals surface area contributed by atoms with Gasteiger partial charge in [0, 0.05) is 24.4 Å². The van der Waals surface area contributed by atoms with E-state index in [0.717, 1.165) is 29.8 Å². The van der Waals surface area contributed by atoms with Crippen LogP contribution in [0.5, 0.6) is 5.88 Å². The Bertz CT molecular complexity index is 560. The van der Waals surface area contributed by atoms with Gasteiger partial charge in [0.25, 0.3) is 0 Å². The molecule has 0 amide bonds. The average Bonchev–Trinajstić information content (AvgIpc) is 2.48. The van der Waals surface area contributed by atoms with E-state index in [0.29, 0.717) is 17.6 Å². The number of halogens is 1. The third kappa shape index (κ3) is 3.57. The first kappa shape index (κ1) is 14.5. The predicted octanol–water partition coefficient (Wildman–Crippen LogP) is 3.10. The number of nitrogens with one attached hydrogen (secondary N) is 1. The highest BCUT2D eigenvalue weighted by atomic mass is 35.5. The number of hydrogen-bond donors (Lipinski definition) is 1. The number of methoxy groups -OCH3 is 1. The van der Waals surface area contributed by atoms with Crippen molar-refractivity contribution >= 4 is 17.4 Å². The van der Waals surface area contributed by atoms with Gasteiger partial charge in [-0.25, -0.2) is 15.0 Å². The minimum absolute atomic E-state index is 0.511. The van der Waals surface area contributed by atoms with Gasteiger partial charge in [0.2, 0.25) is 5.88 Å². The summed E-state index contributed by atoms with van der Waals surface area (Å²) in [7, 11) is 1.60. The molecule has 5 nitrogen and oxygen atoms in total. The van der Waals surface area contributed by atoms with Crippen LogP contribution in [0, 0.1) is 0 Å². The SMILES string of the molecule is CCCc1c(Cl)ncnc1NCc1ccc(OC)nc1. The van der Waals surface area contributed by atoms with Gasteiger partial charge in [-0.05, 0) is 12.0 Å². The standard InChI is InChI=1S/C14H17ClN4O/c1-3-4-11-13(15)18-9-19-14(11)17-8-10-5-6-12(20-2)16-7-10/h5-7,9H,3-4,8H2,1-2H3,(H,17,18,19). The molecule has 0 unspecified atom stereocenters. The van der Waals surface area contributed by atoms with Crippen LogP contribution in [0.2, 0.25) is 5.15 Å². The van der Waals surface area contributed by atoms with Crippen molar-refractivity contribution in [3.8, 4) is 5.88 Å². The van der Waals surface area contributed by atoms with E-state index >= 15 is 0 Å². The second-order valence-electron chi connectivity index (χ2n) is 4.30. The van der Waals surface area contributed by atoms with Crippen LogP contribution in [-0.2, 0) is 13.0 Å². The fourth-order valence-corrected chi connectivity index (χ4v) is 2.06. The summed E-state index contributed by atoms with van der Waals surface area (Å²) < 4.78 is 5.03. The largest absolute Gasteiger partial charge is 0.481 e. The molecule has 0 radical (unpaired) electrons. The van der Waals surface area contributed by atoms with Crippen molar-refractivity contribution in [2.24, 2.45) is 0 Å². The summed E-state index contributed by atoms with van der Waals surface area (Å²) in [6.45, 7) is 2.72. The lowest BCUT2D eigenvalue weighted by atomic mass is 10.2. The van der Waals surface area contributed by atoms with Gasteiger partial charge < -0.3 is 10.1 Å². The molecule has 0 aliphatic rings. The fourth-order valence-electron chi connectivity index (χ4n) is 1.84. The van der Waals surface area contributed by atoms with Gasteiger partial charge >= 0.3 is 0 Å². The van der Waals surface area contributed by atoms with E-state index in [9.17, 15) is 0 Å². The van der Waals surface area contributed by atoms with Crippen molar-refractivity contribution in [3.05, 3.63) is 40.9 Å². The van der Waals surface area contributed by atoms with Crippen molar-refractivity contribution < 1.29 is 4.74 Å². The second-order valence-corrected chi connectivity index (χ2v) is 4.66. The van der Waals surface area contributed by atoms with Gasteiger partial charge in [-0.15, -0.1) is 0 Å². The summed E-state index contributed by atoms with van der Waals surface area (Å²) >= 11 is 6.11. The lowest BCUT2D eigenvalue weighted by Crippen LogP contribution is -2.06. The molecule has 6 heteroatoms. The topological polar surface area (TPSA) is 59.9 Å². The molecule has 0 fully saturated rings. The fraction of sp³-hybridized carbons (Fsp3) is 0.357. The highest BCUT2D eigenvalue weighted by Gasteiger charge is 2.08. The summed E-state index contributed by atoms with van der Waals surface area (Å²) in [5, 5.41) is 3.79. The first-order chi connectivity index (χ1) is 9.74. The maximum Gasteiger partial charge on any atom is 0.212 e. The highest BCUT2D eigenvalue weighted by molar-refractivity contribution is 6.30. The molecule has 20 heavy (non-hydrogen) atoms. The Balaban J connectivity index is 2.08. The van der Waals surface area contributed by atoms with Crippen molar-refractivity contribution in [1.29, 1.82) is 0 Å².